The molecule has 0 saturated heterocycles. The van der Waals surface area contributed by atoms with Crippen LogP contribution in [0.15, 0.2) is 0 Å². The van der Waals surface area contributed by atoms with E-state index in [1.807, 2.05) is 6.92 Å². The highest BCUT2D eigenvalue weighted by Crippen LogP contribution is 1.88. The van der Waals surface area contributed by atoms with Crippen molar-refractivity contribution in [3.63, 3.8) is 0 Å². The van der Waals surface area contributed by atoms with Gasteiger partial charge in [0.25, 0.3) is 0 Å². The first kappa shape index (κ1) is 12.6. The van der Waals surface area contributed by atoms with E-state index in [-0.39, 0.29) is 19.3 Å². The summed E-state index contributed by atoms with van der Waals surface area (Å²) in [5, 5.41) is 23.8. The Kier molecular flexibility index (Phi) is 6.84. The third-order valence-corrected chi connectivity index (χ3v) is 2.00. The molecule has 78 valence electrons. The molecule has 4 N–H and O–H groups in total. The van der Waals surface area contributed by atoms with Crippen LogP contribution in [0.1, 0.15) is 20.3 Å². The minimum Gasteiger partial charge on any atom is -0.394 e. The molecule has 0 saturated carbocycles. The Morgan fingerprint density at radius 3 is 2.23 bits per heavy atom. The van der Waals surface area contributed by atoms with Crippen molar-refractivity contribution < 1.29 is 10.2 Å². The van der Waals surface area contributed by atoms with E-state index < -0.39 is 0 Å². The maximum Gasteiger partial charge on any atom is 0.166 e. The molecule has 4 nitrogen and oxygen atoms in total. The second-order valence-electron chi connectivity index (χ2n) is 2.99. The maximum absolute atomic E-state index is 8.76. The predicted molar refractivity (Wildman–Crippen MR) is 56.6 cm³/mol. The summed E-state index contributed by atoms with van der Waals surface area (Å²) in [4.78, 5) is 0. The van der Waals surface area contributed by atoms with Crippen molar-refractivity contribution >= 4 is 17.3 Å². The molecule has 0 aromatic carbocycles. The molecule has 0 aromatic heterocycles. The molecule has 0 heterocycles. The summed E-state index contributed by atoms with van der Waals surface area (Å²) < 4.78 is 0. The average Bonchev–Trinajstić information content (AvgIpc) is 2.13. The first-order chi connectivity index (χ1) is 6.13. The summed E-state index contributed by atoms with van der Waals surface area (Å²) in [7, 11) is 0. The molecule has 1 unspecified atom stereocenters. The zero-order valence-electron chi connectivity index (χ0n) is 8.08. The van der Waals surface area contributed by atoms with Crippen LogP contribution < -0.4 is 10.6 Å². The Morgan fingerprint density at radius 2 is 1.85 bits per heavy atom. The van der Waals surface area contributed by atoms with Gasteiger partial charge >= 0.3 is 0 Å². The number of aliphatic hydroxyl groups is 2. The Bertz CT molecular complexity index is 151. The summed E-state index contributed by atoms with van der Waals surface area (Å²) in [6.07, 6.45) is 0.977. The summed E-state index contributed by atoms with van der Waals surface area (Å²) in [6, 6.07) is -0.0675. The van der Waals surface area contributed by atoms with Crippen LogP contribution in [0.3, 0.4) is 0 Å². The lowest BCUT2D eigenvalue weighted by Gasteiger charge is -2.19. The Balaban J connectivity index is 3.72. The first-order valence-electron chi connectivity index (χ1n) is 4.42. The topological polar surface area (TPSA) is 64.5 Å². The number of thiocarbonyl (C=S) groups is 1. The van der Waals surface area contributed by atoms with Crippen molar-refractivity contribution in [1.82, 2.24) is 10.6 Å². The van der Waals surface area contributed by atoms with Gasteiger partial charge in [-0.2, -0.15) is 0 Å². The van der Waals surface area contributed by atoms with Crippen LogP contribution in [-0.4, -0.2) is 40.6 Å². The average molecular weight is 206 g/mol. The molecular weight excluding hydrogens is 188 g/mol. The van der Waals surface area contributed by atoms with Crippen molar-refractivity contribution in [1.29, 1.82) is 0 Å². The molecule has 5 heteroatoms. The summed E-state index contributed by atoms with van der Waals surface area (Å²) in [5.74, 6) is 0. The number of hydrogen-bond donors (Lipinski definition) is 4. The van der Waals surface area contributed by atoms with Crippen LogP contribution in [0.5, 0.6) is 0 Å². The smallest absolute Gasteiger partial charge is 0.166 e. The number of aliphatic hydroxyl groups excluding tert-OH is 2. The molecule has 0 bridgehead atoms. The van der Waals surface area contributed by atoms with E-state index in [0.29, 0.717) is 11.2 Å². The minimum atomic E-state index is -0.371. The van der Waals surface area contributed by atoms with Gasteiger partial charge in [0, 0.05) is 6.04 Å². The molecule has 1 atom stereocenters. The molecular formula is C8H18N2O2S. The van der Waals surface area contributed by atoms with Crippen molar-refractivity contribution in [2.75, 3.05) is 13.2 Å². The highest BCUT2D eigenvalue weighted by atomic mass is 32.1. The zero-order valence-corrected chi connectivity index (χ0v) is 8.90. The van der Waals surface area contributed by atoms with Gasteiger partial charge in [-0.15, -0.1) is 0 Å². The van der Waals surface area contributed by atoms with Crippen LogP contribution >= 0.6 is 12.2 Å². The molecule has 0 aliphatic carbocycles. The Hall–Kier alpha value is -0.390. The van der Waals surface area contributed by atoms with Crippen LogP contribution in [0.4, 0.5) is 0 Å². The molecule has 0 fully saturated rings. The van der Waals surface area contributed by atoms with Gasteiger partial charge in [0.2, 0.25) is 0 Å². The van der Waals surface area contributed by atoms with Crippen LogP contribution in [0.25, 0.3) is 0 Å². The minimum absolute atomic E-state index is 0.126. The molecule has 0 amide bonds. The lowest BCUT2D eigenvalue weighted by Crippen LogP contribution is -2.47. The van der Waals surface area contributed by atoms with E-state index in [0.717, 1.165) is 6.42 Å². The van der Waals surface area contributed by atoms with Crippen molar-refractivity contribution in [3.8, 4) is 0 Å². The van der Waals surface area contributed by atoms with Gasteiger partial charge < -0.3 is 20.8 Å². The van der Waals surface area contributed by atoms with Gasteiger partial charge in [-0.3, -0.25) is 0 Å². The summed E-state index contributed by atoms with van der Waals surface area (Å²) in [6.45, 7) is 3.81. The van der Waals surface area contributed by atoms with Gasteiger partial charge in [-0.1, -0.05) is 6.92 Å². The normalized spacial score (nSPS) is 12.7. The van der Waals surface area contributed by atoms with Gasteiger partial charge in [0.15, 0.2) is 5.11 Å². The standard InChI is InChI=1S/C8H18N2O2S/c1-3-6(2)9-8(13)10-7(4-11)5-12/h6-7,11-12H,3-5H2,1-2H3,(H2,9,10,13). The Labute approximate surface area is 84.3 Å². The molecule has 0 aliphatic rings. The van der Waals surface area contributed by atoms with Crippen LogP contribution in [-0.2, 0) is 0 Å². The van der Waals surface area contributed by atoms with Crippen molar-refractivity contribution in [2.45, 2.75) is 32.4 Å². The Morgan fingerprint density at radius 1 is 1.31 bits per heavy atom. The van der Waals surface area contributed by atoms with Crippen LogP contribution in [0.2, 0.25) is 0 Å². The number of nitrogens with one attached hydrogen (secondary N) is 2. The van der Waals surface area contributed by atoms with E-state index in [1.54, 1.807) is 0 Å². The lowest BCUT2D eigenvalue weighted by molar-refractivity contribution is 0.183. The van der Waals surface area contributed by atoms with Crippen molar-refractivity contribution in [3.05, 3.63) is 0 Å². The molecule has 0 spiro atoms. The van der Waals surface area contributed by atoms with E-state index in [9.17, 15) is 0 Å². The quantitative estimate of drug-likeness (QED) is 0.461. The molecule has 13 heavy (non-hydrogen) atoms. The second kappa shape index (κ2) is 7.06. The third kappa shape index (κ3) is 5.79. The first-order valence-corrected chi connectivity index (χ1v) is 4.83. The predicted octanol–water partition coefficient (Wildman–Crippen LogP) is -0.398. The van der Waals surface area contributed by atoms with E-state index >= 15 is 0 Å². The fraction of sp³-hybridized carbons (Fsp3) is 0.875. The molecule has 0 aliphatic heterocycles. The van der Waals surface area contributed by atoms with Gasteiger partial charge in [-0.25, -0.2) is 0 Å². The SMILES string of the molecule is CCC(C)NC(=S)NC(CO)CO. The van der Waals surface area contributed by atoms with E-state index in [2.05, 4.69) is 17.6 Å². The molecule has 0 rings (SSSR count). The van der Waals surface area contributed by atoms with Gasteiger partial charge in [0.05, 0.1) is 19.3 Å². The third-order valence-electron chi connectivity index (χ3n) is 1.77. The lowest BCUT2D eigenvalue weighted by atomic mass is 10.3. The van der Waals surface area contributed by atoms with E-state index in [1.165, 1.54) is 0 Å². The largest absolute Gasteiger partial charge is 0.394 e. The highest BCUT2D eigenvalue weighted by molar-refractivity contribution is 7.80. The zero-order chi connectivity index (χ0) is 10.3. The van der Waals surface area contributed by atoms with Crippen LogP contribution in [0, 0.1) is 0 Å². The van der Waals surface area contributed by atoms with Crippen molar-refractivity contribution in [2.24, 2.45) is 0 Å². The molecule has 0 radical (unpaired) electrons. The fourth-order valence-electron chi connectivity index (χ4n) is 0.702. The summed E-state index contributed by atoms with van der Waals surface area (Å²) in [5.41, 5.74) is 0. The number of hydrogen-bond acceptors (Lipinski definition) is 3. The monoisotopic (exact) mass is 206 g/mol. The number of rotatable bonds is 5. The molecule has 0 aromatic rings. The van der Waals surface area contributed by atoms with Gasteiger partial charge in [-0.05, 0) is 25.6 Å². The fourth-order valence-corrected chi connectivity index (χ4v) is 1.07. The maximum atomic E-state index is 8.76. The second-order valence-corrected chi connectivity index (χ2v) is 3.40. The summed E-state index contributed by atoms with van der Waals surface area (Å²) >= 11 is 4.96. The highest BCUT2D eigenvalue weighted by Gasteiger charge is 2.07. The van der Waals surface area contributed by atoms with E-state index in [4.69, 9.17) is 22.4 Å². The van der Waals surface area contributed by atoms with Gasteiger partial charge in [0.1, 0.15) is 0 Å².